The fourth-order valence-electron chi connectivity index (χ4n) is 14.2. The van der Waals surface area contributed by atoms with Crippen LogP contribution in [0.4, 0.5) is 34.1 Å². The van der Waals surface area contributed by atoms with Gasteiger partial charge in [-0.05, 0) is 87.2 Å². The summed E-state index contributed by atoms with van der Waals surface area (Å²) < 4.78 is 5.09. The van der Waals surface area contributed by atoms with Crippen LogP contribution in [0.2, 0.25) is 0 Å². The van der Waals surface area contributed by atoms with Gasteiger partial charge in [-0.25, -0.2) is 0 Å². The van der Waals surface area contributed by atoms with Gasteiger partial charge in [0.25, 0.3) is 6.71 Å². The van der Waals surface area contributed by atoms with E-state index in [4.69, 9.17) is 0 Å². The van der Waals surface area contributed by atoms with E-state index in [1.54, 1.807) is 0 Å². The first-order valence-corrected chi connectivity index (χ1v) is 26.8. The normalized spacial score (nSPS) is 13.1. The minimum Gasteiger partial charge on any atom is -0.311 e. The van der Waals surface area contributed by atoms with Gasteiger partial charge in [0.15, 0.2) is 0 Å². The number of rotatable bonds is 5. The summed E-state index contributed by atoms with van der Waals surface area (Å²) in [4.78, 5) is 5.26. The Morgan fingerprint density at radius 1 is 0.234 bits per heavy atom. The van der Waals surface area contributed by atoms with Crippen molar-refractivity contribution in [2.24, 2.45) is 0 Å². The zero-order valence-electron chi connectivity index (χ0n) is 41.7. The van der Waals surface area contributed by atoms with E-state index in [0.29, 0.717) is 0 Å². The van der Waals surface area contributed by atoms with Gasteiger partial charge in [-0.1, -0.05) is 212 Å². The zero-order chi connectivity index (χ0) is 50.0. The Hall–Kier alpha value is -10.1. The standard InChI is InChI=1S/C72H43BN4/c1-4-20-44(21-5-1)47-38-68-70-69(39-47)75(61-35-15-11-27-49(61)46-24-8-3-9-25-46)67-43-65-57(55-33-19-31-53-51-29-13-17-37-63(51)77(65)72(53)55)41-59(67)73(70)58-40-56-54-32-18-30-52-50-28-12-16-36-62(50)76(71(52)54)64(56)42-66(58)74(68)60-34-14-10-26-48(60)45-22-6-2-7-23-45/h1-43H. The summed E-state index contributed by atoms with van der Waals surface area (Å²) in [6.07, 6.45) is 0. The van der Waals surface area contributed by atoms with Crippen molar-refractivity contribution in [1.29, 1.82) is 0 Å². The van der Waals surface area contributed by atoms with Crippen molar-refractivity contribution in [2.75, 3.05) is 9.80 Å². The second kappa shape index (κ2) is 15.3. The molecule has 5 heteroatoms. The molecule has 0 saturated heterocycles. The molecule has 16 aromatic rings. The molecule has 0 atom stereocenters. The Morgan fingerprint density at radius 2 is 0.610 bits per heavy atom. The molecule has 0 bridgehead atoms. The number of anilines is 6. The summed E-state index contributed by atoms with van der Waals surface area (Å²) in [5.74, 6) is 0. The molecule has 0 saturated carbocycles. The Morgan fingerprint density at radius 3 is 1.08 bits per heavy atom. The Kier molecular flexibility index (Phi) is 8.18. The number of nitrogens with zero attached hydrogens (tertiary/aromatic N) is 4. The highest BCUT2D eigenvalue weighted by molar-refractivity contribution is 7.00. The second-order valence-electron chi connectivity index (χ2n) is 21.1. The molecular formula is C72H43BN4. The molecule has 0 amide bonds. The van der Waals surface area contributed by atoms with E-state index in [-0.39, 0.29) is 6.71 Å². The van der Waals surface area contributed by atoms with Gasteiger partial charge in [-0.2, -0.15) is 0 Å². The topological polar surface area (TPSA) is 15.3 Å². The van der Waals surface area contributed by atoms with E-state index < -0.39 is 0 Å². The van der Waals surface area contributed by atoms with Gasteiger partial charge in [-0.15, -0.1) is 0 Å². The van der Waals surface area contributed by atoms with Gasteiger partial charge >= 0.3 is 0 Å². The predicted octanol–water partition coefficient (Wildman–Crippen LogP) is 17.1. The average molecular weight is 975 g/mol. The van der Waals surface area contributed by atoms with Crippen molar-refractivity contribution < 1.29 is 0 Å². The van der Waals surface area contributed by atoms with Gasteiger partial charge in [0.05, 0.1) is 44.5 Å². The minimum absolute atomic E-state index is 0.141. The maximum absolute atomic E-state index is 2.63. The van der Waals surface area contributed by atoms with E-state index in [1.807, 2.05) is 0 Å². The van der Waals surface area contributed by atoms with E-state index in [2.05, 4.69) is 279 Å². The molecule has 0 spiro atoms. The fraction of sp³-hybridized carbons (Fsp3) is 0. The van der Waals surface area contributed by atoms with Gasteiger partial charge in [0.2, 0.25) is 0 Å². The maximum atomic E-state index is 2.63. The predicted molar refractivity (Wildman–Crippen MR) is 326 cm³/mol. The van der Waals surface area contributed by atoms with Crippen molar-refractivity contribution in [3.63, 3.8) is 0 Å². The highest BCUT2D eigenvalue weighted by Gasteiger charge is 2.45. The van der Waals surface area contributed by atoms with E-state index in [0.717, 1.165) is 16.9 Å². The lowest BCUT2D eigenvalue weighted by molar-refractivity contribution is 1.25. The lowest BCUT2D eigenvalue weighted by Gasteiger charge is -2.45. The first-order valence-electron chi connectivity index (χ1n) is 26.8. The van der Waals surface area contributed by atoms with E-state index in [9.17, 15) is 0 Å². The van der Waals surface area contributed by atoms with Crippen LogP contribution >= 0.6 is 0 Å². The minimum atomic E-state index is -0.141. The van der Waals surface area contributed by atoms with E-state index >= 15 is 0 Å². The average Bonchev–Trinajstić information content (AvgIpc) is 4.29. The highest BCUT2D eigenvalue weighted by atomic mass is 15.2. The third-order valence-electron chi connectivity index (χ3n) is 17.3. The summed E-state index contributed by atoms with van der Waals surface area (Å²) in [5, 5.41) is 10.2. The molecule has 0 N–H and O–H groups in total. The third kappa shape index (κ3) is 5.47. The van der Waals surface area contributed by atoms with Gasteiger partial charge in [0, 0.05) is 77.0 Å². The Labute approximate surface area is 443 Å². The number of hydrogen-bond acceptors (Lipinski definition) is 2. The molecule has 77 heavy (non-hydrogen) atoms. The number of hydrogen-bond donors (Lipinski definition) is 0. The molecule has 0 fully saturated rings. The maximum Gasteiger partial charge on any atom is 0.252 e. The zero-order valence-corrected chi connectivity index (χ0v) is 41.7. The summed E-state index contributed by atoms with van der Waals surface area (Å²) in [5.41, 5.74) is 25.3. The monoisotopic (exact) mass is 974 g/mol. The van der Waals surface area contributed by atoms with Gasteiger partial charge in [-0.3, -0.25) is 0 Å². The molecule has 2 aliphatic heterocycles. The third-order valence-corrected chi connectivity index (χ3v) is 17.3. The van der Waals surface area contributed by atoms with Crippen molar-refractivity contribution in [3.8, 4) is 33.4 Å². The van der Waals surface area contributed by atoms with Crippen LogP contribution in [0.3, 0.4) is 0 Å². The van der Waals surface area contributed by atoms with Crippen LogP contribution in [0.5, 0.6) is 0 Å². The van der Waals surface area contributed by atoms with Crippen LogP contribution in [0.25, 0.3) is 110 Å². The van der Waals surface area contributed by atoms with Gasteiger partial charge in [0.1, 0.15) is 0 Å². The number of fused-ring (bicyclic) bond motifs is 16. The Balaban J connectivity index is 1.04. The molecule has 12 aromatic carbocycles. The molecule has 354 valence electrons. The molecule has 2 aliphatic rings. The highest BCUT2D eigenvalue weighted by Crippen LogP contribution is 2.52. The van der Waals surface area contributed by atoms with Crippen LogP contribution in [0.15, 0.2) is 261 Å². The molecule has 4 nitrogen and oxygen atoms in total. The molecule has 0 radical (unpaired) electrons. The van der Waals surface area contributed by atoms with Crippen LogP contribution in [0.1, 0.15) is 0 Å². The fourth-order valence-corrected chi connectivity index (χ4v) is 14.2. The van der Waals surface area contributed by atoms with Crippen molar-refractivity contribution in [2.45, 2.75) is 0 Å². The van der Waals surface area contributed by atoms with Crippen molar-refractivity contribution >= 4 is 133 Å². The SMILES string of the molecule is c1ccc(-c2cc3c4c(c2)N(c2ccccc2-c2ccccc2)c2cc5c(cc2B4c2cc4c6cccc7c8ccccc8n(c4cc2N3c2ccccc2-c2ccccc2)c76)c2cccc3c4ccccc4n5c32)cc1. The summed E-state index contributed by atoms with van der Waals surface area (Å²) in [7, 11) is 0. The van der Waals surface area contributed by atoms with Crippen LogP contribution in [-0.4, -0.2) is 15.5 Å². The quantitative estimate of drug-likeness (QED) is 0.160. The lowest BCUT2D eigenvalue weighted by atomic mass is 9.33. The molecule has 0 aliphatic carbocycles. The molecule has 0 unspecified atom stereocenters. The second-order valence-corrected chi connectivity index (χ2v) is 21.1. The van der Waals surface area contributed by atoms with Crippen LogP contribution < -0.4 is 26.2 Å². The number of aromatic nitrogens is 2. The summed E-state index contributed by atoms with van der Waals surface area (Å²) in [6, 6.07) is 97.9. The van der Waals surface area contributed by atoms with Crippen LogP contribution in [-0.2, 0) is 0 Å². The van der Waals surface area contributed by atoms with Gasteiger partial charge < -0.3 is 18.6 Å². The smallest absolute Gasteiger partial charge is 0.252 e. The molecule has 18 rings (SSSR count). The van der Waals surface area contributed by atoms with Crippen molar-refractivity contribution in [3.05, 3.63) is 261 Å². The largest absolute Gasteiger partial charge is 0.311 e. The van der Waals surface area contributed by atoms with Crippen molar-refractivity contribution in [1.82, 2.24) is 8.80 Å². The summed E-state index contributed by atoms with van der Waals surface area (Å²) >= 11 is 0. The Bertz CT molecular complexity index is 4820. The van der Waals surface area contributed by atoms with E-state index in [1.165, 1.54) is 143 Å². The number of para-hydroxylation sites is 6. The molecular weight excluding hydrogens is 932 g/mol. The van der Waals surface area contributed by atoms with Crippen LogP contribution in [0, 0.1) is 0 Å². The first kappa shape index (κ1) is 41.3. The first-order chi connectivity index (χ1) is 38.2. The molecule has 6 heterocycles. The summed E-state index contributed by atoms with van der Waals surface area (Å²) in [6.45, 7) is -0.141. The molecule has 4 aromatic heterocycles. The lowest BCUT2D eigenvalue weighted by Crippen LogP contribution is -2.61. The number of benzene rings is 12.